The van der Waals surface area contributed by atoms with Gasteiger partial charge in [-0.3, -0.25) is 9.59 Å². The van der Waals surface area contributed by atoms with E-state index in [0.29, 0.717) is 24.1 Å². The van der Waals surface area contributed by atoms with Gasteiger partial charge in [-0.2, -0.15) is 0 Å². The van der Waals surface area contributed by atoms with Crippen LogP contribution in [0.3, 0.4) is 0 Å². The highest BCUT2D eigenvalue weighted by molar-refractivity contribution is 7.09. The molecule has 1 aromatic heterocycles. The number of nitrogens with zero attached hydrogens (tertiary/aromatic N) is 1. The predicted octanol–water partition coefficient (Wildman–Crippen LogP) is 2.31. The number of rotatable bonds is 6. The highest BCUT2D eigenvalue weighted by atomic mass is 32.1. The summed E-state index contributed by atoms with van der Waals surface area (Å²) < 4.78 is 17.4. The lowest BCUT2D eigenvalue weighted by molar-refractivity contribution is -0.218. The fraction of sp³-hybridized carbons (Fsp3) is 0.710. The molecule has 1 saturated heterocycles. The molecule has 2 aliphatic rings. The maximum Gasteiger partial charge on any atom is 0.309 e. The number of thiazole rings is 1. The maximum absolute atomic E-state index is 13.9. The summed E-state index contributed by atoms with van der Waals surface area (Å²) in [5.41, 5.74) is -0.284. The first-order chi connectivity index (χ1) is 20.3. The lowest BCUT2D eigenvalue weighted by Crippen LogP contribution is -2.49. The molecule has 0 aliphatic carbocycles. The van der Waals surface area contributed by atoms with Crippen molar-refractivity contribution in [2.75, 3.05) is 13.2 Å². The number of ketones is 1. The number of aryl methyl sites for hydroxylation is 1. The summed E-state index contributed by atoms with van der Waals surface area (Å²) in [5.74, 6) is -2.04. The summed E-state index contributed by atoms with van der Waals surface area (Å²) in [5, 5.41) is 54.3. The Morgan fingerprint density at radius 1 is 1.14 bits per heavy atom. The van der Waals surface area contributed by atoms with E-state index in [2.05, 4.69) is 4.98 Å². The summed E-state index contributed by atoms with van der Waals surface area (Å²) in [6.07, 6.45) is -0.845. The third-order valence-corrected chi connectivity index (χ3v) is 9.28. The largest absolute Gasteiger partial charge is 0.457 e. The van der Waals surface area contributed by atoms with Crippen molar-refractivity contribution in [3.8, 4) is 0 Å². The molecule has 3 rings (SSSR count). The number of aliphatic hydroxyl groups is 5. The zero-order valence-electron chi connectivity index (χ0n) is 25.6. The van der Waals surface area contributed by atoms with Gasteiger partial charge in [-0.15, -0.1) is 11.3 Å². The molecule has 0 saturated carbocycles. The fourth-order valence-electron chi connectivity index (χ4n) is 5.58. The van der Waals surface area contributed by atoms with Crippen molar-refractivity contribution < 1.29 is 49.3 Å². The monoisotopic (exact) mass is 625 g/mol. The Balaban J connectivity index is 1.97. The van der Waals surface area contributed by atoms with E-state index in [-0.39, 0.29) is 18.3 Å². The van der Waals surface area contributed by atoms with E-state index in [9.17, 15) is 35.1 Å². The zero-order valence-corrected chi connectivity index (χ0v) is 26.4. The molecular formula is C31H47NO10S. The van der Waals surface area contributed by atoms with Crippen LogP contribution in [-0.2, 0) is 23.8 Å². The molecule has 2 aliphatic heterocycles. The number of aromatic nitrogens is 1. The van der Waals surface area contributed by atoms with Crippen LogP contribution in [0.4, 0.5) is 0 Å². The van der Waals surface area contributed by atoms with Crippen molar-refractivity contribution in [3.63, 3.8) is 0 Å². The Bertz CT molecular complexity index is 1130. The van der Waals surface area contributed by atoms with Crippen LogP contribution < -0.4 is 0 Å². The molecule has 12 heteroatoms. The van der Waals surface area contributed by atoms with Gasteiger partial charge in [0, 0.05) is 17.7 Å². The number of hydrogen-bond acceptors (Lipinski definition) is 12. The number of aliphatic hydroxyl groups excluding tert-OH is 5. The molecule has 0 amide bonds. The van der Waals surface area contributed by atoms with Gasteiger partial charge in [-0.05, 0) is 43.8 Å². The number of ether oxygens (including phenoxy) is 3. The summed E-state index contributed by atoms with van der Waals surface area (Å²) in [6, 6.07) is 0. The number of carbonyl (C=O) groups excluding carboxylic acids is 2. The number of esters is 1. The van der Waals surface area contributed by atoms with Gasteiger partial charge in [0.2, 0.25) is 0 Å². The summed E-state index contributed by atoms with van der Waals surface area (Å²) >= 11 is 1.46. The molecule has 1 fully saturated rings. The van der Waals surface area contributed by atoms with Crippen LogP contribution in [0.15, 0.2) is 23.1 Å². The summed E-state index contributed by atoms with van der Waals surface area (Å²) in [7, 11) is 0. The topological polar surface area (TPSA) is 176 Å². The van der Waals surface area contributed by atoms with Crippen molar-refractivity contribution in [1.82, 2.24) is 4.98 Å². The normalized spacial score (nSPS) is 36.0. The summed E-state index contributed by atoms with van der Waals surface area (Å²) in [4.78, 5) is 31.8. The van der Waals surface area contributed by atoms with E-state index in [1.807, 2.05) is 31.4 Å². The highest BCUT2D eigenvalue weighted by Crippen LogP contribution is 2.36. The van der Waals surface area contributed by atoms with Crippen LogP contribution in [0.2, 0.25) is 0 Å². The van der Waals surface area contributed by atoms with Crippen LogP contribution in [0, 0.1) is 24.2 Å². The third-order valence-electron chi connectivity index (χ3n) is 8.48. The molecule has 242 valence electrons. The molecule has 0 aromatic carbocycles. The second kappa shape index (κ2) is 15.8. The number of allylic oxidation sites excluding steroid dienone is 1. The highest BCUT2D eigenvalue weighted by Gasteiger charge is 2.49. The predicted molar refractivity (Wildman–Crippen MR) is 160 cm³/mol. The van der Waals surface area contributed by atoms with Crippen molar-refractivity contribution in [1.29, 1.82) is 0 Å². The molecule has 9 atom stereocenters. The standard InChI is InChI=1S/C31H47NO10S/c1-17-10-8-6-7-9-11-22(20(14-33)12-21-16-43-19(3)32-21)40-25(35)13-24(31(4,5)29(39)18(2)26(17)36)42-30-28(38)27(37)23(15-34)41-30/h7,9,12,16-18,22-24,26-28,30,33-34,36-38H,6,8,10-11,13-15H2,1-5H3/b9-7-,20-12+/t17-,18+,22-,23+,24-,26-,27-,28+,30-/m0/s1. The van der Waals surface area contributed by atoms with Gasteiger partial charge >= 0.3 is 5.97 Å². The van der Waals surface area contributed by atoms with Gasteiger partial charge in [0.05, 0.1) is 48.0 Å². The molecule has 0 spiro atoms. The van der Waals surface area contributed by atoms with Crippen molar-refractivity contribution >= 4 is 29.2 Å². The number of hydrogen-bond donors (Lipinski definition) is 5. The van der Waals surface area contributed by atoms with E-state index < -0.39 is 73.2 Å². The molecular weight excluding hydrogens is 578 g/mol. The lowest BCUT2D eigenvalue weighted by atomic mass is 9.72. The van der Waals surface area contributed by atoms with E-state index in [0.717, 1.165) is 17.8 Å². The second-order valence-corrected chi connectivity index (χ2v) is 13.2. The molecule has 1 aromatic rings. The molecule has 0 bridgehead atoms. The minimum Gasteiger partial charge on any atom is -0.457 e. The molecule has 0 unspecified atom stereocenters. The van der Waals surface area contributed by atoms with Crippen LogP contribution in [-0.4, -0.2) is 98.4 Å². The summed E-state index contributed by atoms with van der Waals surface area (Å²) in [6.45, 7) is 7.65. The smallest absolute Gasteiger partial charge is 0.309 e. The van der Waals surface area contributed by atoms with Gasteiger partial charge in [-0.1, -0.05) is 39.8 Å². The van der Waals surface area contributed by atoms with Crippen LogP contribution in [0.5, 0.6) is 0 Å². The van der Waals surface area contributed by atoms with Gasteiger partial charge in [0.15, 0.2) is 6.29 Å². The Morgan fingerprint density at radius 2 is 1.86 bits per heavy atom. The van der Waals surface area contributed by atoms with E-state index >= 15 is 0 Å². The molecule has 3 heterocycles. The van der Waals surface area contributed by atoms with Crippen LogP contribution in [0.1, 0.15) is 70.5 Å². The first-order valence-corrected chi connectivity index (χ1v) is 15.8. The molecule has 5 N–H and O–H groups in total. The molecule has 11 nitrogen and oxygen atoms in total. The Labute approximate surface area is 257 Å². The third kappa shape index (κ3) is 9.01. The van der Waals surface area contributed by atoms with Crippen molar-refractivity contribution in [2.24, 2.45) is 17.3 Å². The van der Waals surface area contributed by atoms with Gasteiger partial charge in [0.25, 0.3) is 0 Å². The second-order valence-electron chi connectivity index (χ2n) is 12.2. The van der Waals surface area contributed by atoms with Gasteiger partial charge < -0.3 is 39.7 Å². The van der Waals surface area contributed by atoms with Gasteiger partial charge in [0.1, 0.15) is 30.2 Å². The Morgan fingerprint density at radius 3 is 2.47 bits per heavy atom. The Hall–Kier alpha value is -2.03. The van der Waals surface area contributed by atoms with Crippen LogP contribution in [0.25, 0.3) is 6.08 Å². The number of carbonyl (C=O) groups is 2. The van der Waals surface area contributed by atoms with E-state index in [4.69, 9.17) is 14.2 Å². The van der Waals surface area contributed by atoms with E-state index in [1.54, 1.807) is 26.8 Å². The number of Topliss-reactive ketones (excluding diaryl/α,β-unsaturated/α-hetero) is 1. The zero-order chi connectivity index (χ0) is 31.9. The maximum atomic E-state index is 13.9. The molecule has 0 radical (unpaired) electrons. The SMILES string of the molecule is Cc1nc(/C=C(\CO)[C@@H]2C/C=C\CCC[C@H](C)[C@H](O)[C@@H](C)C(=O)C(C)(C)[C@@H](O[C@@H]3O[C@H](CO)[C@H](O)[C@H]3O)CC(=O)O2)cs1. The average molecular weight is 626 g/mol. The van der Waals surface area contributed by atoms with E-state index in [1.165, 1.54) is 11.3 Å². The average Bonchev–Trinajstić information content (AvgIpc) is 3.51. The molecule has 43 heavy (non-hydrogen) atoms. The quantitative estimate of drug-likeness (QED) is 0.232. The first-order valence-electron chi connectivity index (χ1n) is 14.9. The first kappa shape index (κ1) is 35.4. The minimum atomic E-state index is -1.54. The Kier molecular flexibility index (Phi) is 13.0. The lowest BCUT2D eigenvalue weighted by Gasteiger charge is -2.38. The number of cyclic esters (lactones) is 1. The van der Waals surface area contributed by atoms with Gasteiger partial charge in [-0.25, -0.2) is 4.98 Å². The fourth-order valence-corrected chi connectivity index (χ4v) is 6.15. The van der Waals surface area contributed by atoms with Crippen LogP contribution >= 0.6 is 11.3 Å². The minimum absolute atomic E-state index is 0.168. The van der Waals surface area contributed by atoms with Crippen molar-refractivity contribution in [3.05, 3.63) is 33.8 Å². The van der Waals surface area contributed by atoms with Crippen molar-refractivity contribution in [2.45, 2.75) is 110 Å².